The minimum absolute atomic E-state index is 0.00631. The Morgan fingerprint density at radius 2 is 1.93 bits per heavy atom. The standard InChI is InChI=1S/C24H31N3O2/c1-4-15-26(24(29)22(5-2)19-10-7-6-8-11-19)18-23(28)27(20-13-14-20)17-21-12-9-16-25(21)3/h4,6-12,16,20,22H,1,5,13-15,17-18H2,2-3H3/t22-/m1/s1. The van der Waals surface area contributed by atoms with Crippen molar-refractivity contribution < 1.29 is 9.59 Å². The van der Waals surface area contributed by atoms with Gasteiger partial charge in [-0.2, -0.15) is 0 Å². The molecule has 1 aromatic heterocycles. The summed E-state index contributed by atoms with van der Waals surface area (Å²) in [7, 11) is 1.99. The molecule has 0 saturated heterocycles. The summed E-state index contributed by atoms with van der Waals surface area (Å²) in [5.41, 5.74) is 2.09. The van der Waals surface area contributed by atoms with Crippen molar-refractivity contribution in [2.24, 2.45) is 7.05 Å². The van der Waals surface area contributed by atoms with Crippen LogP contribution in [-0.4, -0.2) is 45.3 Å². The van der Waals surface area contributed by atoms with Gasteiger partial charge in [0.2, 0.25) is 11.8 Å². The SMILES string of the molecule is C=CCN(CC(=O)N(Cc1cccn1C)C1CC1)C(=O)[C@H](CC)c1ccccc1. The first-order chi connectivity index (χ1) is 14.0. The van der Waals surface area contributed by atoms with Crippen LogP contribution >= 0.6 is 0 Å². The zero-order chi connectivity index (χ0) is 20.8. The molecule has 1 aliphatic carbocycles. The van der Waals surface area contributed by atoms with Crippen molar-refractivity contribution in [3.8, 4) is 0 Å². The van der Waals surface area contributed by atoms with Crippen molar-refractivity contribution in [3.05, 3.63) is 72.6 Å². The third kappa shape index (κ3) is 5.17. The number of rotatable bonds is 10. The quantitative estimate of drug-likeness (QED) is 0.578. The number of nitrogens with zero attached hydrogens (tertiary/aromatic N) is 3. The van der Waals surface area contributed by atoms with Crippen LogP contribution < -0.4 is 0 Å². The van der Waals surface area contributed by atoms with Crippen molar-refractivity contribution in [1.82, 2.24) is 14.4 Å². The van der Waals surface area contributed by atoms with Crippen LogP contribution in [0.15, 0.2) is 61.3 Å². The highest BCUT2D eigenvalue weighted by Gasteiger charge is 2.34. The second-order valence-corrected chi connectivity index (χ2v) is 7.74. The van der Waals surface area contributed by atoms with Crippen LogP contribution in [0.3, 0.4) is 0 Å². The molecule has 1 heterocycles. The van der Waals surface area contributed by atoms with Gasteiger partial charge in [-0.1, -0.05) is 43.3 Å². The average molecular weight is 394 g/mol. The highest BCUT2D eigenvalue weighted by Crippen LogP contribution is 2.29. The van der Waals surface area contributed by atoms with Gasteiger partial charge in [0, 0.05) is 31.5 Å². The van der Waals surface area contributed by atoms with E-state index >= 15 is 0 Å². The molecule has 2 aromatic rings. The third-order valence-electron chi connectivity index (χ3n) is 5.59. The van der Waals surface area contributed by atoms with Gasteiger partial charge in [0.15, 0.2) is 0 Å². The summed E-state index contributed by atoms with van der Waals surface area (Å²) in [6.45, 7) is 6.85. The Hall–Kier alpha value is -2.82. The topological polar surface area (TPSA) is 45.6 Å². The van der Waals surface area contributed by atoms with Crippen molar-refractivity contribution in [3.63, 3.8) is 0 Å². The number of hydrogen-bond acceptors (Lipinski definition) is 2. The largest absolute Gasteiger partial charge is 0.353 e. The van der Waals surface area contributed by atoms with Crippen LogP contribution in [0.2, 0.25) is 0 Å². The zero-order valence-corrected chi connectivity index (χ0v) is 17.5. The molecular formula is C24H31N3O2. The molecule has 1 aromatic carbocycles. The van der Waals surface area contributed by atoms with Crippen LogP contribution in [-0.2, 0) is 23.2 Å². The van der Waals surface area contributed by atoms with Crippen molar-refractivity contribution in [1.29, 1.82) is 0 Å². The minimum atomic E-state index is -0.244. The molecule has 0 spiro atoms. The number of aryl methyl sites for hydroxylation is 1. The van der Waals surface area contributed by atoms with Gasteiger partial charge in [-0.15, -0.1) is 6.58 Å². The molecule has 0 bridgehead atoms. The fourth-order valence-electron chi connectivity index (χ4n) is 3.74. The first-order valence-electron chi connectivity index (χ1n) is 10.4. The maximum atomic E-state index is 13.3. The smallest absolute Gasteiger partial charge is 0.242 e. The molecule has 0 unspecified atom stereocenters. The van der Waals surface area contributed by atoms with Gasteiger partial charge in [0.05, 0.1) is 12.5 Å². The number of aromatic nitrogens is 1. The zero-order valence-electron chi connectivity index (χ0n) is 17.5. The summed E-state index contributed by atoms with van der Waals surface area (Å²) < 4.78 is 2.04. The Balaban J connectivity index is 1.74. The van der Waals surface area contributed by atoms with E-state index in [0.29, 0.717) is 19.5 Å². The molecule has 154 valence electrons. The minimum Gasteiger partial charge on any atom is -0.353 e. The van der Waals surface area contributed by atoms with E-state index in [0.717, 1.165) is 24.1 Å². The fraction of sp³-hybridized carbons (Fsp3) is 0.417. The number of carbonyl (C=O) groups excluding carboxylic acids is 2. The first-order valence-corrected chi connectivity index (χ1v) is 10.4. The molecule has 3 rings (SSSR count). The lowest BCUT2D eigenvalue weighted by Crippen LogP contribution is -2.45. The van der Waals surface area contributed by atoms with E-state index in [9.17, 15) is 9.59 Å². The first kappa shape index (κ1) is 20.9. The number of carbonyl (C=O) groups is 2. The van der Waals surface area contributed by atoms with Gasteiger partial charge in [0.1, 0.15) is 6.54 Å². The van der Waals surface area contributed by atoms with E-state index in [2.05, 4.69) is 6.58 Å². The van der Waals surface area contributed by atoms with Gasteiger partial charge in [-0.25, -0.2) is 0 Å². The molecule has 5 nitrogen and oxygen atoms in total. The molecule has 1 fully saturated rings. The average Bonchev–Trinajstić information content (AvgIpc) is 3.49. The summed E-state index contributed by atoms with van der Waals surface area (Å²) in [5.74, 6) is -0.250. The van der Waals surface area contributed by atoms with E-state index < -0.39 is 0 Å². The summed E-state index contributed by atoms with van der Waals surface area (Å²) in [4.78, 5) is 30.1. The Labute approximate surface area is 173 Å². The molecule has 0 aliphatic heterocycles. The number of benzene rings is 1. The molecule has 1 atom stereocenters. The highest BCUT2D eigenvalue weighted by molar-refractivity contribution is 5.89. The molecule has 0 radical (unpaired) electrons. The predicted octanol–water partition coefficient (Wildman–Crippen LogP) is 3.72. The lowest BCUT2D eigenvalue weighted by atomic mass is 9.95. The van der Waals surface area contributed by atoms with E-state index in [4.69, 9.17) is 0 Å². The number of amides is 2. The van der Waals surface area contributed by atoms with Crippen LogP contribution in [0.25, 0.3) is 0 Å². The van der Waals surface area contributed by atoms with Crippen LogP contribution in [0.5, 0.6) is 0 Å². The lowest BCUT2D eigenvalue weighted by Gasteiger charge is -2.29. The molecule has 5 heteroatoms. The highest BCUT2D eigenvalue weighted by atomic mass is 16.2. The van der Waals surface area contributed by atoms with Gasteiger partial charge in [-0.3, -0.25) is 9.59 Å². The maximum Gasteiger partial charge on any atom is 0.242 e. The van der Waals surface area contributed by atoms with Crippen molar-refractivity contribution in [2.45, 2.75) is 44.7 Å². The normalized spacial score (nSPS) is 14.3. The van der Waals surface area contributed by atoms with E-state index in [1.807, 2.05) is 72.1 Å². The van der Waals surface area contributed by atoms with Gasteiger partial charge < -0.3 is 14.4 Å². The summed E-state index contributed by atoms with van der Waals surface area (Å²) >= 11 is 0. The Bertz CT molecular complexity index is 839. The third-order valence-corrected chi connectivity index (χ3v) is 5.59. The Morgan fingerprint density at radius 3 is 2.48 bits per heavy atom. The summed E-state index contributed by atoms with van der Waals surface area (Å²) in [5, 5.41) is 0. The van der Waals surface area contributed by atoms with E-state index in [1.165, 1.54) is 0 Å². The van der Waals surface area contributed by atoms with Gasteiger partial charge in [-0.05, 0) is 37.0 Å². The number of hydrogen-bond donors (Lipinski definition) is 0. The van der Waals surface area contributed by atoms with Gasteiger partial charge in [0.25, 0.3) is 0 Å². The van der Waals surface area contributed by atoms with Gasteiger partial charge >= 0.3 is 0 Å². The molecule has 1 saturated carbocycles. The monoisotopic (exact) mass is 393 g/mol. The fourth-order valence-corrected chi connectivity index (χ4v) is 3.74. The second-order valence-electron chi connectivity index (χ2n) is 7.74. The molecule has 2 amide bonds. The predicted molar refractivity (Wildman–Crippen MR) is 115 cm³/mol. The Kier molecular flexibility index (Phi) is 6.91. The van der Waals surface area contributed by atoms with Crippen LogP contribution in [0.4, 0.5) is 0 Å². The summed E-state index contributed by atoms with van der Waals surface area (Å²) in [6.07, 6.45) is 6.45. The molecular weight excluding hydrogens is 362 g/mol. The molecule has 1 aliphatic rings. The van der Waals surface area contributed by atoms with E-state index in [-0.39, 0.29) is 30.3 Å². The second kappa shape index (κ2) is 9.59. The lowest BCUT2D eigenvalue weighted by molar-refractivity contribution is -0.141. The van der Waals surface area contributed by atoms with Crippen molar-refractivity contribution >= 4 is 11.8 Å². The van der Waals surface area contributed by atoms with Crippen LogP contribution in [0, 0.1) is 0 Å². The summed E-state index contributed by atoms with van der Waals surface area (Å²) in [6, 6.07) is 14.1. The van der Waals surface area contributed by atoms with Crippen LogP contribution in [0.1, 0.15) is 43.4 Å². The maximum absolute atomic E-state index is 13.3. The molecule has 0 N–H and O–H groups in total. The van der Waals surface area contributed by atoms with E-state index in [1.54, 1.807) is 11.0 Å². The molecule has 29 heavy (non-hydrogen) atoms. The van der Waals surface area contributed by atoms with Crippen molar-refractivity contribution in [2.75, 3.05) is 13.1 Å². The Morgan fingerprint density at radius 1 is 1.21 bits per heavy atom.